The molecule has 1 unspecified atom stereocenters. The summed E-state index contributed by atoms with van der Waals surface area (Å²) in [5.41, 5.74) is 0.996. The third kappa shape index (κ3) is 5.06. The van der Waals surface area contributed by atoms with Gasteiger partial charge in [-0.1, -0.05) is 30.3 Å². The van der Waals surface area contributed by atoms with E-state index in [-0.39, 0.29) is 18.0 Å². The highest BCUT2D eigenvalue weighted by atomic mass is 16.6. The van der Waals surface area contributed by atoms with Gasteiger partial charge in [0.2, 0.25) is 5.91 Å². The summed E-state index contributed by atoms with van der Waals surface area (Å²) in [5.74, 6) is 0.00177. The van der Waals surface area contributed by atoms with E-state index >= 15 is 0 Å². The summed E-state index contributed by atoms with van der Waals surface area (Å²) in [6.45, 7) is 3.40. The lowest BCUT2D eigenvalue weighted by atomic mass is 10.1. The summed E-state index contributed by atoms with van der Waals surface area (Å²) in [5, 5.41) is 3.05. The Labute approximate surface area is 131 Å². The number of carbonyl (C=O) groups excluding carboxylic acids is 2. The van der Waals surface area contributed by atoms with E-state index in [1.54, 1.807) is 11.8 Å². The van der Waals surface area contributed by atoms with Crippen molar-refractivity contribution in [3.8, 4) is 0 Å². The van der Waals surface area contributed by atoms with Gasteiger partial charge in [-0.05, 0) is 31.7 Å². The monoisotopic (exact) mass is 304 g/mol. The normalized spacial score (nSPS) is 18.4. The van der Waals surface area contributed by atoms with Crippen molar-refractivity contribution in [3.63, 3.8) is 0 Å². The number of carbonyl (C=O) groups is 2. The number of hydrogen-bond donors (Lipinski definition) is 1. The van der Waals surface area contributed by atoms with Gasteiger partial charge in [0.25, 0.3) is 0 Å². The van der Waals surface area contributed by atoms with Crippen LogP contribution in [0.5, 0.6) is 0 Å². The number of hydrogen-bond acceptors (Lipinski definition) is 3. The second-order valence-electron chi connectivity index (χ2n) is 5.57. The quantitative estimate of drug-likeness (QED) is 0.929. The molecule has 0 radical (unpaired) electrons. The van der Waals surface area contributed by atoms with Crippen LogP contribution in [0.4, 0.5) is 4.79 Å². The van der Waals surface area contributed by atoms with E-state index in [1.165, 1.54) is 0 Å². The summed E-state index contributed by atoms with van der Waals surface area (Å²) < 4.78 is 5.06. The number of rotatable bonds is 4. The lowest BCUT2D eigenvalue weighted by Gasteiger charge is -2.24. The van der Waals surface area contributed by atoms with Gasteiger partial charge in [0.15, 0.2) is 0 Å². The zero-order chi connectivity index (χ0) is 15.8. The van der Waals surface area contributed by atoms with Crippen LogP contribution < -0.4 is 5.32 Å². The minimum absolute atomic E-state index is 0.00177. The fourth-order valence-corrected chi connectivity index (χ4v) is 2.70. The van der Waals surface area contributed by atoms with E-state index in [4.69, 9.17) is 4.74 Å². The lowest BCUT2D eigenvalue weighted by molar-refractivity contribution is -0.121. The summed E-state index contributed by atoms with van der Waals surface area (Å²) in [7, 11) is 0. The number of amides is 2. The molecule has 5 nitrogen and oxygen atoms in total. The van der Waals surface area contributed by atoms with Crippen LogP contribution in [-0.4, -0.2) is 42.6 Å². The molecule has 1 atom stereocenters. The molecule has 120 valence electrons. The summed E-state index contributed by atoms with van der Waals surface area (Å²) in [6.07, 6.45) is 2.94. The topological polar surface area (TPSA) is 58.6 Å². The van der Waals surface area contributed by atoms with Gasteiger partial charge in [0.1, 0.15) is 0 Å². The Morgan fingerprint density at radius 2 is 2.05 bits per heavy atom. The van der Waals surface area contributed by atoms with Crippen molar-refractivity contribution in [2.75, 3.05) is 19.7 Å². The van der Waals surface area contributed by atoms with E-state index in [1.807, 2.05) is 30.3 Å². The van der Waals surface area contributed by atoms with Gasteiger partial charge in [-0.3, -0.25) is 4.79 Å². The number of benzene rings is 1. The SMILES string of the molecule is CCOC(=O)N1CCCCC(NC(=O)Cc2ccccc2)C1. The van der Waals surface area contributed by atoms with Crippen molar-refractivity contribution in [2.24, 2.45) is 0 Å². The number of ether oxygens (including phenoxy) is 1. The highest BCUT2D eigenvalue weighted by Crippen LogP contribution is 2.12. The Balaban J connectivity index is 1.87. The highest BCUT2D eigenvalue weighted by molar-refractivity contribution is 5.79. The second-order valence-corrected chi connectivity index (χ2v) is 5.57. The maximum Gasteiger partial charge on any atom is 0.409 e. The molecule has 1 fully saturated rings. The van der Waals surface area contributed by atoms with Crippen molar-refractivity contribution in [2.45, 2.75) is 38.6 Å². The average Bonchev–Trinajstić information content (AvgIpc) is 2.74. The van der Waals surface area contributed by atoms with Crippen LogP contribution in [0.15, 0.2) is 30.3 Å². The molecule has 2 amide bonds. The maximum absolute atomic E-state index is 12.1. The summed E-state index contributed by atoms with van der Waals surface area (Å²) in [4.78, 5) is 25.7. The van der Waals surface area contributed by atoms with E-state index in [0.717, 1.165) is 24.8 Å². The van der Waals surface area contributed by atoms with Gasteiger partial charge in [-0.25, -0.2) is 4.79 Å². The molecule has 2 rings (SSSR count). The zero-order valence-electron chi connectivity index (χ0n) is 13.1. The molecular formula is C17H24N2O3. The van der Waals surface area contributed by atoms with Gasteiger partial charge in [0, 0.05) is 19.1 Å². The largest absolute Gasteiger partial charge is 0.450 e. The molecule has 0 spiro atoms. The van der Waals surface area contributed by atoms with Crippen LogP contribution in [0.3, 0.4) is 0 Å². The van der Waals surface area contributed by atoms with Crippen molar-refractivity contribution in [1.82, 2.24) is 10.2 Å². The van der Waals surface area contributed by atoms with Crippen LogP contribution in [-0.2, 0) is 16.0 Å². The molecule has 0 saturated carbocycles. The Kier molecular flexibility index (Phi) is 6.25. The van der Waals surface area contributed by atoms with Crippen LogP contribution >= 0.6 is 0 Å². The molecular weight excluding hydrogens is 280 g/mol. The molecule has 0 aliphatic carbocycles. The maximum atomic E-state index is 12.1. The minimum atomic E-state index is -0.285. The van der Waals surface area contributed by atoms with Crippen LogP contribution in [0.1, 0.15) is 31.7 Å². The Bertz CT molecular complexity index is 490. The number of likely N-dealkylation sites (tertiary alicyclic amines) is 1. The molecule has 1 saturated heterocycles. The van der Waals surface area contributed by atoms with Crippen molar-refractivity contribution in [3.05, 3.63) is 35.9 Å². The molecule has 0 aromatic heterocycles. The van der Waals surface area contributed by atoms with Crippen molar-refractivity contribution in [1.29, 1.82) is 0 Å². The average molecular weight is 304 g/mol. The van der Waals surface area contributed by atoms with E-state index in [9.17, 15) is 9.59 Å². The summed E-state index contributed by atoms with van der Waals surface area (Å²) in [6, 6.07) is 9.68. The second kappa shape index (κ2) is 8.41. The Hall–Kier alpha value is -2.04. The smallest absolute Gasteiger partial charge is 0.409 e. The molecule has 1 aromatic rings. The molecule has 22 heavy (non-hydrogen) atoms. The van der Waals surface area contributed by atoms with Crippen molar-refractivity contribution < 1.29 is 14.3 Å². The summed E-state index contributed by atoms with van der Waals surface area (Å²) >= 11 is 0. The van der Waals surface area contributed by atoms with Gasteiger partial charge in [-0.2, -0.15) is 0 Å². The van der Waals surface area contributed by atoms with Gasteiger partial charge >= 0.3 is 6.09 Å². The Morgan fingerprint density at radius 1 is 1.27 bits per heavy atom. The van der Waals surface area contributed by atoms with Gasteiger partial charge < -0.3 is 15.0 Å². The molecule has 1 heterocycles. The fourth-order valence-electron chi connectivity index (χ4n) is 2.70. The fraction of sp³-hybridized carbons (Fsp3) is 0.529. The minimum Gasteiger partial charge on any atom is -0.450 e. The van der Waals surface area contributed by atoms with E-state index in [2.05, 4.69) is 5.32 Å². The predicted octanol–water partition coefficient (Wildman–Crippen LogP) is 2.36. The van der Waals surface area contributed by atoms with Crippen LogP contribution in [0.2, 0.25) is 0 Å². The first-order chi connectivity index (χ1) is 10.7. The van der Waals surface area contributed by atoms with Gasteiger partial charge in [-0.15, -0.1) is 0 Å². The number of nitrogens with zero attached hydrogens (tertiary/aromatic N) is 1. The third-order valence-electron chi connectivity index (χ3n) is 3.77. The lowest BCUT2D eigenvalue weighted by Crippen LogP contribution is -2.45. The van der Waals surface area contributed by atoms with Crippen LogP contribution in [0.25, 0.3) is 0 Å². The Morgan fingerprint density at radius 3 is 2.77 bits per heavy atom. The standard InChI is InChI=1S/C17H24N2O3/c1-2-22-17(21)19-11-7-6-10-15(13-19)18-16(20)12-14-8-4-3-5-9-14/h3-5,8-9,15H,2,6-7,10-13H2,1H3,(H,18,20). The number of nitrogens with one attached hydrogen (secondary N) is 1. The molecule has 1 N–H and O–H groups in total. The van der Waals surface area contributed by atoms with Crippen molar-refractivity contribution >= 4 is 12.0 Å². The first-order valence-corrected chi connectivity index (χ1v) is 7.94. The molecule has 0 bridgehead atoms. The van der Waals surface area contributed by atoms with Crippen LogP contribution in [0, 0.1) is 0 Å². The predicted molar refractivity (Wildman–Crippen MR) is 84.5 cm³/mol. The molecule has 1 aromatic carbocycles. The van der Waals surface area contributed by atoms with E-state index < -0.39 is 0 Å². The third-order valence-corrected chi connectivity index (χ3v) is 3.77. The first kappa shape index (κ1) is 16.3. The van der Waals surface area contributed by atoms with E-state index in [0.29, 0.717) is 26.1 Å². The molecule has 1 aliphatic rings. The first-order valence-electron chi connectivity index (χ1n) is 7.94. The highest BCUT2D eigenvalue weighted by Gasteiger charge is 2.23. The molecule has 1 aliphatic heterocycles. The van der Waals surface area contributed by atoms with Gasteiger partial charge in [0.05, 0.1) is 13.0 Å². The zero-order valence-corrected chi connectivity index (χ0v) is 13.1. The molecule has 5 heteroatoms.